The van der Waals surface area contributed by atoms with Gasteiger partial charge in [-0.1, -0.05) is 193 Å². The van der Waals surface area contributed by atoms with Gasteiger partial charge in [-0.05, 0) is 38.2 Å². The van der Waals surface area contributed by atoms with Crippen LogP contribution in [0.2, 0.25) is 0 Å². The Kier molecular flexibility index (Phi) is 41.9. The Balaban J connectivity index is 4.09. The average molecular weight is 842 g/mol. The molecule has 58 heavy (non-hydrogen) atoms. The predicted molar refractivity (Wildman–Crippen MR) is 239 cm³/mol. The number of phosphoric acid groups is 1. The van der Waals surface area contributed by atoms with E-state index < -0.39 is 32.5 Å². The highest BCUT2D eigenvalue weighted by Crippen LogP contribution is 2.43. The number of hydrogen-bond donors (Lipinski definition) is 2. The van der Waals surface area contributed by atoms with Crippen LogP contribution in [0.15, 0.2) is 24.3 Å². The zero-order valence-electron chi connectivity index (χ0n) is 37.3. The third-order valence-corrected chi connectivity index (χ3v) is 11.3. The fraction of sp³-hybridized carbons (Fsp3) is 0.851. The lowest BCUT2D eigenvalue weighted by molar-refractivity contribution is -0.161. The summed E-state index contributed by atoms with van der Waals surface area (Å²) < 4.78 is 32.8. The van der Waals surface area contributed by atoms with Gasteiger partial charge in [-0.15, -0.1) is 0 Å². The molecule has 340 valence electrons. The average Bonchev–Trinajstić information content (AvgIpc) is 3.20. The summed E-state index contributed by atoms with van der Waals surface area (Å²) in [7, 11) is -4.40. The van der Waals surface area contributed by atoms with Crippen LogP contribution in [-0.2, 0) is 37.5 Å². The molecule has 0 aliphatic heterocycles. The third-order valence-electron chi connectivity index (χ3n) is 10.3. The molecule has 0 bridgehead atoms. The lowest BCUT2D eigenvalue weighted by atomic mass is 10.0. The summed E-state index contributed by atoms with van der Waals surface area (Å²) in [6, 6.07) is 0. The summed E-state index contributed by atoms with van der Waals surface area (Å²) in [5.74, 6) is -0.705. The van der Waals surface area contributed by atoms with Gasteiger partial charge < -0.3 is 20.1 Å². The highest BCUT2D eigenvalue weighted by atomic mass is 31.2. The normalized spacial score (nSPS) is 13.3. The maximum Gasteiger partial charge on any atom is 0.472 e. The van der Waals surface area contributed by atoms with Gasteiger partial charge in [0.15, 0.2) is 11.9 Å². The van der Waals surface area contributed by atoms with Gasteiger partial charge in [-0.3, -0.25) is 23.4 Å². The second kappa shape index (κ2) is 43.3. The first-order chi connectivity index (χ1) is 28.2. The topological polar surface area (TPSA) is 151 Å². The van der Waals surface area contributed by atoms with Crippen molar-refractivity contribution in [3.63, 3.8) is 0 Å². The molecule has 3 N–H and O–H groups in total. The lowest BCUT2D eigenvalue weighted by Gasteiger charge is -2.19. The largest absolute Gasteiger partial charge is 0.472 e. The number of ether oxygens (including phenoxy) is 2. The number of carbonyl (C=O) groups excluding carboxylic acids is 3. The summed E-state index contributed by atoms with van der Waals surface area (Å²) in [5.41, 5.74) is 5.35. The van der Waals surface area contributed by atoms with Crippen LogP contribution in [0.1, 0.15) is 226 Å². The molecule has 0 saturated heterocycles. The van der Waals surface area contributed by atoms with E-state index in [-0.39, 0.29) is 38.4 Å². The Labute approximate surface area is 355 Å². The fourth-order valence-corrected chi connectivity index (χ4v) is 7.50. The van der Waals surface area contributed by atoms with Gasteiger partial charge in [0.25, 0.3) is 0 Å². The highest BCUT2D eigenvalue weighted by Gasteiger charge is 2.26. The minimum Gasteiger partial charge on any atom is -0.462 e. The second-order valence-corrected chi connectivity index (χ2v) is 17.5. The molecule has 0 saturated carbocycles. The van der Waals surface area contributed by atoms with Crippen LogP contribution in [0, 0.1) is 0 Å². The molecule has 0 aliphatic rings. The van der Waals surface area contributed by atoms with Crippen molar-refractivity contribution in [3.8, 4) is 0 Å². The van der Waals surface area contributed by atoms with Gasteiger partial charge in [0.1, 0.15) is 6.61 Å². The summed E-state index contributed by atoms with van der Waals surface area (Å²) >= 11 is 0. The minimum atomic E-state index is -4.40. The maximum absolute atomic E-state index is 12.6. The van der Waals surface area contributed by atoms with Gasteiger partial charge in [0.05, 0.1) is 13.2 Å². The summed E-state index contributed by atoms with van der Waals surface area (Å²) in [5, 5.41) is 0. The van der Waals surface area contributed by atoms with Crippen molar-refractivity contribution in [2.75, 3.05) is 26.4 Å². The van der Waals surface area contributed by atoms with E-state index in [2.05, 4.69) is 19.9 Å². The van der Waals surface area contributed by atoms with Crippen LogP contribution in [0.5, 0.6) is 0 Å². The molecule has 0 aromatic rings. The molecular weight excluding hydrogens is 753 g/mol. The van der Waals surface area contributed by atoms with Gasteiger partial charge in [-0.2, -0.15) is 0 Å². The van der Waals surface area contributed by atoms with Gasteiger partial charge >= 0.3 is 19.8 Å². The van der Waals surface area contributed by atoms with Crippen molar-refractivity contribution >= 4 is 25.5 Å². The van der Waals surface area contributed by atoms with Crippen LogP contribution in [-0.4, -0.2) is 55.1 Å². The highest BCUT2D eigenvalue weighted by molar-refractivity contribution is 7.47. The molecule has 0 amide bonds. The molecule has 1 unspecified atom stereocenters. The van der Waals surface area contributed by atoms with Crippen molar-refractivity contribution in [3.05, 3.63) is 24.3 Å². The predicted octanol–water partition coefficient (Wildman–Crippen LogP) is 13.1. The van der Waals surface area contributed by atoms with E-state index in [1.165, 1.54) is 116 Å². The van der Waals surface area contributed by atoms with E-state index >= 15 is 0 Å². The SMILES string of the molecule is CCCCCCCCCCCCCCCCCCCCCCCC(=O)OC[C@H](COP(=O)(O)OCCN)OC(=O)CCCCCCC/C=C\C=C\C(=O)CCCCC. The van der Waals surface area contributed by atoms with E-state index in [1.54, 1.807) is 6.08 Å². The smallest absolute Gasteiger partial charge is 0.462 e. The Morgan fingerprint density at radius 1 is 0.552 bits per heavy atom. The minimum absolute atomic E-state index is 0.0406. The molecule has 0 aromatic carbocycles. The van der Waals surface area contributed by atoms with Crippen molar-refractivity contribution in [1.82, 2.24) is 0 Å². The van der Waals surface area contributed by atoms with Gasteiger partial charge in [-0.25, -0.2) is 4.57 Å². The van der Waals surface area contributed by atoms with Gasteiger partial charge in [0, 0.05) is 25.8 Å². The van der Waals surface area contributed by atoms with Crippen LogP contribution < -0.4 is 5.73 Å². The first-order valence-electron chi connectivity index (χ1n) is 23.8. The Morgan fingerprint density at radius 3 is 1.48 bits per heavy atom. The molecule has 10 nitrogen and oxygen atoms in total. The third kappa shape index (κ3) is 42.3. The van der Waals surface area contributed by atoms with Crippen LogP contribution in [0.4, 0.5) is 0 Å². The molecule has 0 spiro atoms. The molecular formula is C47H88NO9P. The zero-order chi connectivity index (χ0) is 42.6. The number of allylic oxidation sites excluding steroid dienone is 4. The number of hydrogen-bond acceptors (Lipinski definition) is 9. The summed E-state index contributed by atoms with van der Waals surface area (Å²) in [6.45, 7) is 3.55. The number of nitrogens with two attached hydrogens (primary N) is 1. The molecule has 0 fully saturated rings. The van der Waals surface area contributed by atoms with Crippen LogP contribution in [0.25, 0.3) is 0 Å². The lowest BCUT2D eigenvalue weighted by Crippen LogP contribution is -2.29. The molecule has 0 aromatic heterocycles. The van der Waals surface area contributed by atoms with E-state index in [9.17, 15) is 23.8 Å². The quantitative estimate of drug-likeness (QED) is 0.0199. The van der Waals surface area contributed by atoms with E-state index in [0.29, 0.717) is 12.8 Å². The van der Waals surface area contributed by atoms with E-state index in [4.69, 9.17) is 24.3 Å². The number of ketones is 1. The first kappa shape index (κ1) is 56.2. The van der Waals surface area contributed by atoms with E-state index in [0.717, 1.165) is 70.6 Å². The fourth-order valence-electron chi connectivity index (χ4n) is 6.74. The number of unbranched alkanes of at least 4 members (excludes halogenated alkanes) is 27. The van der Waals surface area contributed by atoms with Crippen molar-refractivity contribution < 1.29 is 42.4 Å². The standard InChI is InChI=1S/C47H88NO9P/c1-3-5-7-8-9-10-11-12-13-14-15-16-17-18-19-20-21-24-27-30-34-38-46(50)54-42-45(43-56-58(52,53)55-41-40-48)57-47(51)39-35-31-28-25-22-23-26-29-33-37-44(49)36-32-6-4-2/h26,29,33,37,45H,3-25,27-28,30-32,34-36,38-43,48H2,1-2H3,(H,52,53)/b29-26-,37-33+/t45-/m1/s1. The molecule has 0 rings (SSSR count). The number of phosphoric ester groups is 1. The van der Waals surface area contributed by atoms with Crippen molar-refractivity contribution in [2.24, 2.45) is 5.73 Å². The Hall–Kier alpha value is -1.84. The summed E-state index contributed by atoms with van der Waals surface area (Å²) in [6.07, 6.45) is 43.4. The number of esters is 2. The second-order valence-electron chi connectivity index (χ2n) is 16.0. The van der Waals surface area contributed by atoms with Crippen molar-refractivity contribution in [1.29, 1.82) is 0 Å². The zero-order valence-corrected chi connectivity index (χ0v) is 38.2. The Morgan fingerprint density at radius 2 is 0.983 bits per heavy atom. The first-order valence-corrected chi connectivity index (χ1v) is 25.3. The van der Waals surface area contributed by atoms with Crippen LogP contribution in [0.3, 0.4) is 0 Å². The maximum atomic E-state index is 12.6. The molecule has 2 atom stereocenters. The monoisotopic (exact) mass is 842 g/mol. The molecule has 11 heteroatoms. The van der Waals surface area contributed by atoms with E-state index in [1.807, 2.05) is 12.2 Å². The number of carbonyl (C=O) groups is 3. The van der Waals surface area contributed by atoms with Crippen LogP contribution >= 0.6 is 7.82 Å². The van der Waals surface area contributed by atoms with Gasteiger partial charge in [0.2, 0.25) is 0 Å². The van der Waals surface area contributed by atoms with Crippen molar-refractivity contribution in [2.45, 2.75) is 232 Å². The Bertz CT molecular complexity index is 1070. The molecule has 0 aliphatic carbocycles. The summed E-state index contributed by atoms with van der Waals surface area (Å²) in [4.78, 5) is 46.7. The molecule has 0 heterocycles. The number of rotatable bonds is 45. The molecule has 0 radical (unpaired) electrons.